The number of aryl methyl sites for hydroxylation is 1. The van der Waals surface area contributed by atoms with Crippen LogP contribution in [0.4, 0.5) is 5.95 Å². The fourth-order valence-electron chi connectivity index (χ4n) is 1.62. The van der Waals surface area contributed by atoms with E-state index in [9.17, 15) is 0 Å². The van der Waals surface area contributed by atoms with Crippen LogP contribution in [0.15, 0.2) is 24.4 Å². The molecule has 0 radical (unpaired) electrons. The highest BCUT2D eigenvalue weighted by Gasteiger charge is 2.05. The normalized spacial score (nSPS) is 9.74. The van der Waals surface area contributed by atoms with Gasteiger partial charge in [-0.05, 0) is 19.1 Å². The van der Waals surface area contributed by atoms with Gasteiger partial charge in [0.1, 0.15) is 11.8 Å². The monoisotopic (exact) mass is 255 g/mol. The Morgan fingerprint density at radius 1 is 1.42 bits per heavy atom. The highest BCUT2D eigenvalue weighted by atomic mass is 16.5. The molecule has 0 aliphatic rings. The highest BCUT2D eigenvalue weighted by molar-refractivity contribution is 5.35. The number of rotatable bonds is 4. The summed E-state index contributed by atoms with van der Waals surface area (Å²) in [4.78, 5) is 12.4. The molecule has 1 N–H and O–H groups in total. The van der Waals surface area contributed by atoms with E-state index in [1.54, 1.807) is 19.4 Å². The highest BCUT2D eigenvalue weighted by Crippen LogP contribution is 2.15. The van der Waals surface area contributed by atoms with Crippen LogP contribution in [0.3, 0.4) is 0 Å². The van der Waals surface area contributed by atoms with E-state index < -0.39 is 0 Å². The molecule has 0 spiro atoms. The van der Waals surface area contributed by atoms with Crippen LogP contribution in [-0.4, -0.2) is 22.1 Å². The Balaban J connectivity index is 2.15. The Morgan fingerprint density at radius 3 is 3.00 bits per heavy atom. The fraction of sp³-hybridized carbons (Fsp3) is 0.231. The summed E-state index contributed by atoms with van der Waals surface area (Å²) >= 11 is 0. The summed E-state index contributed by atoms with van der Waals surface area (Å²) < 4.78 is 5.16. The quantitative estimate of drug-likeness (QED) is 0.894. The number of nitrogens with zero attached hydrogens (tertiary/aromatic N) is 4. The molecule has 2 aromatic heterocycles. The molecule has 0 aliphatic heterocycles. The Bertz CT molecular complexity index is 621. The second kappa shape index (κ2) is 5.78. The van der Waals surface area contributed by atoms with Crippen LogP contribution < -0.4 is 10.1 Å². The van der Waals surface area contributed by atoms with Crippen LogP contribution in [0.2, 0.25) is 0 Å². The maximum Gasteiger partial charge on any atom is 0.224 e. The van der Waals surface area contributed by atoms with Crippen molar-refractivity contribution < 1.29 is 4.74 Å². The molecule has 0 aromatic carbocycles. The van der Waals surface area contributed by atoms with Gasteiger partial charge in [0.05, 0.1) is 7.11 Å². The molecule has 0 saturated heterocycles. The topological polar surface area (TPSA) is 83.7 Å². The van der Waals surface area contributed by atoms with Crippen molar-refractivity contribution in [1.29, 1.82) is 5.26 Å². The van der Waals surface area contributed by atoms with Gasteiger partial charge in [-0.3, -0.25) is 0 Å². The molecule has 0 unspecified atom stereocenters. The van der Waals surface area contributed by atoms with Gasteiger partial charge in [-0.25, -0.2) is 15.0 Å². The van der Waals surface area contributed by atoms with Crippen LogP contribution in [0.5, 0.6) is 5.88 Å². The van der Waals surface area contributed by atoms with Crippen molar-refractivity contribution in [2.75, 3.05) is 12.4 Å². The van der Waals surface area contributed by atoms with Crippen LogP contribution in [-0.2, 0) is 6.54 Å². The lowest BCUT2D eigenvalue weighted by Crippen LogP contribution is -2.07. The lowest BCUT2D eigenvalue weighted by atomic mass is 10.2. The molecule has 96 valence electrons. The number of pyridine rings is 1. The van der Waals surface area contributed by atoms with Gasteiger partial charge in [-0.2, -0.15) is 5.26 Å². The van der Waals surface area contributed by atoms with E-state index in [0.717, 1.165) is 11.3 Å². The van der Waals surface area contributed by atoms with Gasteiger partial charge >= 0.3 is 0 Å². The predicted molar refractivity (Wildman–Crippen MR) is 69.6 cm³/mol. The summed E-state index contributed by atoms with van der Waals surface area (Å²) in [5.41, 5.74) is 1.98. The Labute approximate surface area is 111 Å². The van der Waals surface area contributed by atoms with Crippen molar-refractivity contribution in [3.8, 4) is 11.9 Å². The third-order valence-corrected chi connectivity index (χ3v) is 2.45. The molecule has 2 aromatic rings. The summed E-state index contributed by atoms with van der Waals surface area (Å²) in [7, 11) is 1.57. The first-order valence-electron chi connectivity index (χ1n) is 5.70. The van der Waals surface area contributed by atoms with E-state index in [-0.39, 0.29) is 0 Å². The molecule has 0 saturated carbocycles. The number of hydrogen-bond donors (Lipinski definition) is 1. The summed E-state index contributed by atoms with van der Waals surface area (Å²) in [6, 6.07) is 7.37. The lowest BCUT2D eigenvalue weighted by molar-refractivity contribution is 0.393. The van der Waals surface area contributed by atoms with Crippen molar-refractivity contribution >= 4 is 5.95 Å². The maximum atomic E-state index is 8.86. The van der Waals surface area contributed by atoms with E-state index in [2.05, 4.69) is 20.3 Å². The van der Waals surface area contributed by atoms with Crippen molar-refractivity contribution in [2.24, 2.45) is 0 Å². The van der Waals surface area contributed by atoms with Gasteiger partial charge in [-0.1, -0.05) is 6.07 Å². The molecular weight excluding hydrogens is 242 g/mol. The van der Waals surface area contributed by atoms with Crippen LogP contribution in [0, 0.1) is 18.3 Å². The van der Waals surface area contributed by atoms with E-state index in [4.69, 9.17) is 10.00 Å². The number of ether oxygens (including phenoxy) is 1. The molecule has 2 rings (SSSR count). The Kier molecular flexibility index (Phi) is 3.88. The molecule has 0 amide bonds. The fourth-order valence-corrected chi connectivity index (χ4v) is 1.62. The SMILES string of the molecule is COc1ncccc1CNc1nc(C)cc(C#N)n1. The van der Waals surface area contributed by atoms with Gasteiger partial charge in [0.25, 0.3) is 0 Å². The van der Waals surface area contributed by atoms with E-state index in [1.165, 1.54) is 0 Å². The van der Waals surface area contributed by atoms with Gasteiger partial charge in [0.2, 0.25) is 11.8 Å². The molecule has 6 heteroatoms. The standard InChI is InChI=1S/C13H13N5O/c1-9-6-11(7-14)18-13(17-9)16-8-10-4-3-5-15-12(10)19-2/h3-6H,8H2,1-2H3,(H,16,17,18). The van der Waals surface area contributed by atoms with Crippen LogP contribution in [0.25, 0.3) is 0 Å². The van der Waals surface area contributed by atoms with E-state index in [0.29, 0.717) is 24.1 Å². The van der Waals surface area contributed by atoms with Crippen molar-refractivity contribution in [1.82, 2.24) is 15.0 Å². The minimum absolute atomic E-state index is 0.341. The smallest absolute Gasteiger partial charge is 0.224 e. The third-order valence-electron chi connectivity index (χ3n) is 2.45. The molecule has 19 heavy (non-hydrogen) atoms. The summed E-state index contributed by atoms with van der Waals surface area (Å²) in [5, 5.41) is 11.9. The Morgan fingerprint density at radius 2 is 2.26 bits per heavy atom. The Hall–Kier alpha value is -2.68. The first-order valence-corrected chi connectivity index (χ1v) is 5.70. The summed E-state index contributed by atoms with van der Waals surface area (Å²) in [6.07, 6.45) is 1.67. The molecule has 0 aliphatic carbocycles. The van der Waals surface area contributed by atoms with Crippen LogP contribution >= 0.6 is 0 Å². The minimum Gasteiger partial charge on any atom is -0.481 e. The number of nitriles is 1. The van der Waals surface area contributed by atoms with E-state index >= 15 is 0 Å². The average Bonchev–Trinajstić information content (AvgIpc) is 2.44. The zero-order valence-electron chi connectivity index (χ0n) is 10.7. The molecule has 0 atom stereocenters. The summed E-state index contributed by atoms with van der Waals surface area (Å²) in [6.45, 7) is 2.30. The number of hydrogen-bond acceptors (Lipinski definition) is 6. The number of aromatic nitrogens is 3. The molecule has 2 heterocycles. The molecule has 0 fully saturated rings. The van der Waals surface area contributed by atoms with Crippen LogP contribution in [0.1, 0.15) is 17.0 Å². The first-order chi connectivity index (χ1) is 9.22. The van der Waals surface area contributed by atoms with Crippen molar-refractivity contribution in [3.63, 3.8) is 0 Å². The lowest BCUT2D eigenvalue weighted by Gasteiger charge is -2.08. The zero-order valence-corrected chi connectivity index (χ0v) is 10.7. The summed E-state index contributed by atoms with van der Waals surface area (Å²) in [5.74, 6) is 0.977. The molecule has 0 bridgehead atoms. The number of anilines is 1. The largest absolute Gasteiger partial charge is 0.481 e. The maximum absolute atomic E-state index is 8.86. The van der Waals surface area contributed by atoms with Gasteiger partial charge in [-0.15, -0.1) is 0 Å². The van der Waals surface area contributed by atoms with Gasteiger partial charge < -0.3 is 10.1 Å². The van der Waals surface area contributed by atoms with Crippen molar-refractivity contribution in [2.45, 2.75) is 13.5 Å². The second-order valence-corrected chi connectivity index (χ2v) is 3.86. The van der Waals surface area contributed by atoms with Gasteiger partial charge in [0, 0.05) is 24.0 Å². The zero-order chi connectivity index (χ0) is 13.7. The average molecular weight is 255 g/mol. The third kappa shape index (κ3) is 3.16. The van der Waals surface area contributed by atoms with Crippen molar-refractivity contribution in [3.05, 3.63) is 41.3 Å². The molecular formula is C13H13N5O. The molecule has 6 nitrogen and oxygen atoms in total. The second-order valence-electron chi connectivity index (χ2n) is 3.86. The number of nitrogens with one attached hydrogen (secondary N) is 1. The number of methoxy groups -OCH3 is 1. The first kappa shape index (κ1) is 12.8. The minimum atomic E-state index is 0.341. The predicted octanol–water partition coefficient (Wildman–Crippen LogP) is 1.67. The van der Waals surface area contributed by atoms with E-state index in [1.807, 2.05) is 25.1 Å². The van der Waals surface area contributed by atoms with Gasteiger partial charge in [0.15, 0.2) is 0 Å².